The highest BCUT2D eigenvalue weighted by atomic mass is 32.2. The summed E-state index contributed by atoms with van der Waals surface area (Å²) in [6.07, 6.45) is 0. The third-order valence-electron chi connectivity index (χ3n) is 3.52. The number of nitrogens with one attached hydrogen (secondary N) is 3. The van der Waals surface area contributed by atoms with Crippen LogP contribution in [0.25, 0.3) is 0 Å². The Hall–Kier alpha value is -1.00. The van der Waals surface area contributed by atoms with Crippen molar-refractivity contribution < 1.29 is 8.42 Å². The molecule has 0 aliphatic carbocycles. The Kier molecular flexibility index (Phi) is 5.33. The van der Waals surface area contributed by atoms with Crippen LogP contribution in [0.15, 0.2) is 4.90 Å². The molecule has 0 amide bonds. The molecule has 0 spiro atoms. The van der Waals surface area contributed by atoms with Gasteiger partial charge in [-0.1, -0.05) is 6.92 Å². The zero-order valence-electron chi connectivity index (χ0n) is 12.8. The van der Waals surface area contributed by atoms with Gasteiger partial charge in [0.05, 0.1) is 11.4 Å². The molecule has 0 radical (unpaired) electrons. The van der Waals surface area contributed by atoms with Crippen molar-refractivity contribution >= 4 is 10.0 Å². The summed E-state index contributed by atoms with van der Waals surface area (Å²) in [4.78, 5) is 5.09. The Labute approximate surface area is 125 Å². The highest BCUT2D eigenvalue weighted by molar-refractivity contribution is 7.89. The van der Waals surface area contributed by atoms with Crippen LogP contribution in [0.4, 0.5) is 0 Å². The second-order valence-corrected chi connectivity index (χ2v) is 6.89. The summed E-state index contributed by atoms with van der Waals surface area (Å²) in [6.45, 7) is 7.92. The van der Waals surface area contributed by atoms with Gasteiger partial charge in [0, 0.05) is 32.7 Å². The van der Waals surface area contributed by atoms with Crippen LogP contribution < -0.4 is 10.1 Å². The normalized spacial score (nSPS) is 18.2. The number of rotatable bonds is 6. The number of aromatic amines is 1. The summed E-state index contributed by atoms with van der Waals surface area (Å²) in [5.41, 5.74) is 1.08. The van der Waals surface area contributed by atoms with Crippen LogP contribution in [0.3, 0.4) is 0 Å². The van der Waals surface area contributed by atoms with E-state index in [9.17, 15) is 8.42 Å². The molecule has 1 aliphatic rings. The number of H-pyrrole nitrogens is 1. The van der Waals surface area contributed by atoms with Gasteiger partial charge in [-0.15, -0.1) is 4.83 Å². The molecule has 1 aliphatic heterocycles. The van der Waals surface area contributed by atoms with Gasteiger partial charge in [-0.3, -0.25) is 5.10 Å². The zero-order valence-corrected chi connectivity index (χ0v) is 13.6. The lowest BCUT2D eigenvalue weighted by Gasteiger charge is -2.32. The van der Waals surface area contributed by atoms with Crippen molar-refractivity contribution in [1.29, 1.82) is 0 Å². The van der Waals surface area contributed by atoms with Gasteiger partial charge in [0.15, 0.2) is 0 Å². The molecule has 3 N–H and O–H groups in total. The molecule has 1 aromatic rings. The molecular weight excluding hydrogens is 292 g/mol. The van der Waals surface area contributed by atoms with Gasteiger partial charge < -0.3 is 10.2 Å². The number of sulfonamides is 1. The number of aryl methyl sites for hydroxylation is 1. The van der Waals surface area contributed by atoms with Crippen LogP contribution in [0.1, 0.15) is 18.3 Å². The van der Waals surface area contributed by atoms with Crippen molar-refractivity contribution in [3.05, 3.63) is 11.4 Å². The fraction of sp³-hybridized carbons (Fsp3) is 0.750. The summed E-state index contributed by atoms with van der Waals surface area (Å²) in [6, 6.07) is 0. The number of aromatic nitrogens is 2. The number of piperazine rings is 1. The number of nitrogens with zero attached hydrogens (tertiary/aromatic N) is 3. The van der Waals surface area contributed by atoms with Crippen LogP contribution in [0.2, 0.25) is 0 Å². The lowest BCUT2D eigenvalue weighted by Crippen LogP contribution is -2.52. The molecule has 1 saturated heterocycles. The van der Waals surface area contributed by atoms with Gasteiger partial charge in [-0.05, 0) is 20.5 Å². The monoisotopic (exact) mass is 316 g/mol. The van der Waals surface area contributed by atoms with E-state index in [0.29, 0.717) is 31.0 Å². The first-order valence-corrected chi connectivity index (χ1v) is 8.63. The Morgan fingerprint density at radius 2 is 1.95 bits per heavy atom. The number of likely N-dealkylation sites (N-methyl/N-ethyl adjacent to an activating group) is 1. The van der Waals surface area contributed by atoms with Crippen molar-refractivity contribution in [2.24, 2.45) is 0 Å². The predicted octanol–water partition coefficient (Wildman–Crippen LogP) is -0.732. The maximum absolute atomic E-state index is 12.6. The van der Waals surface area contributed by atoms with E-state index >= 15 is 0 Å². The highest BCUT2D eigenvalue weighted by Gasteiger charge is 2.27. The van der Waals surface area contributed by atoms with Gasteiger partial charge >= 0.3 is 0 Å². The van der Waals surface area contributed by atoms with E-state index in [1.807, 2.05) is 14.0 Å². The van der Waals surface area contributed by atoms with Crippen molar-refractivity contribution in [2.75, 3.05) is 39.8 Å². The minimum atomic E-state index is -3.60. The van der Waals surface area contributed by atoms with Gasteiger partial charge in [0.25, 0.3) is 10.0 Å². The largest absolute Gasteiger partial charge is 0.311 e. The Bertz CT molecular complexity index is 562. The quantitative estimate of drug-likeness (QED) is 0.641. The molecule has 1 fully saturated rings. The van der Waals surface area contributed by atoms with E-state index in [4.69, 9.17) is 0 Å². The van der Waals surface area contributed by atoms with E-state index in [0.717, 1.165) is 19.6 Å². The summed E-state index contributed by atoms with van der Waals surface area (Å²) in [5, 5.41) is 11.7. The second-order valence-electron chi connectivity index (χ2n) is 5.29. The number of hydrogen-bond donors (Lipinski definition) is 3. The molecule has 2 rings (SSSR count). The summed E-state index contributed by atoms with van der Waals surface area (Å²) in [5.74, 6) is 0. The van der Waals surface area contributed by atoms with Crippen LogP contribution in [-0.4, -0.2) is 68.3 Å². The van der Waals surface area contributed by atoms with E-state index in [1.165, 1.54) is 0 Å². The predicted molar refractivity (Wildman–Crippen MR) is 80.1 cm³/mol. The van der Waals surface area contributed by atoms with Crippen LogP contribution in [0, 0.1) is 6.92 Å². The van der Waals surface area contributed by atoms with Crippen LogP contribution >= 0.6 is 0 Å². The molecule has 8 nitrogen and oxygen atoms in total. The van der Waals surface area contributed by atoms with Gasteiger partial charge in [0.1, 0.15) is 4.90 Å². The Balaban J connectivity index is 2.13. The molecule has 0 bridgehead atoms. The number of hydrazine groups is 1. The maximum Gasteiger partial charge on any atom is 0.257 e. The smallest absolute Gasteiger partial charge is 0.257 e. The first-order valence-electron chi connectivity index (χ1n) is 7.14. The SMILES string of the molecule is CCNCc1n[nH]c(C)c1S(=O)(=O)NN1CCN(C)CC1. The standard InChI is InChI=1S/C12H24N6O2S/c1-4-13-9-11-12(10(2)14-15-11)21(19,20)16-18-7-5-17(3)6-8-18/h13,16H,4-9H2,1-3H3,(H,14,15). The van der Waals surface area contributed by atoms with E-state index in [2.05, 4.69) is 25.2 Å². The van der Waals surface area contributed by atoms with Crippen molar-refractivity contribution in [3.8, 4) is 0 Å². The van der Waals surface area contributed by atoms with E-state index in [-0.39, 0.29) is 4.90 Å². The first kappa shape index (κ1) is 16.4. The van der Waals surface area contributed by atoms with Gasteiger partial charge in [-0.25, -0.2) is 13.4 Å². The maximum atomic E-state index is 12.6. The van der Waals surface area contributed by atoms with Gasteiger partial charge in [-0.2, -0.15) is 5.10 Å². The third kappa shape index (κ3) is 4.01. The van der Waals surface area contributed by atoms with Crippen molar-refractivity contribution in [1.82, 2.24) is 30.3 Å². The molecule has 9 heteroatoms. The Morgan fingerprint density at radius 3 is 2.57 bits per heavy atom. The second kappa shape index (κ2) is 6.84. The highest BCUT2D eigenvalue weighted by Crippen LogP contribution is 2.18. The van der Waals surface area contributed by atoms with Crippen molar-refractivity contribution in [3.63, 3.8) is 0 Å². The molecular formula is C12H24N6O2S. The summed E-state index contributed by atoms with van der Waals surface area (Å²) >= 11 is 0. The summed E-state index contributed by atoms with van der Waals surface area (Å²) < 4.78 is 25.2. The Morgan fingerprint density at radius 1 is 1.29 bits per heavy atom. The molecule has 21 heavy (non-hydrogen) atoms. The molecule has 0 saturated carbocycles. The van der Waals surface area contributed by atoms with E-state index in [1.54, 1.807) is 11.9 Å². The lowest BCUT2D eigenvalue weighted by molar-refractivity contribution is 0.134. The minimum absolute atomic E-state index is 0.252. The molecule has 2 heterocycles. The molecule has 0 unspecified atom stereocenters. The topological polar surface area (TPSA) is 93.4 Å². The molecule has 0 atom stereocenters. The zero-order chi connectivity index (χ0) is 15.5. The fourth-order valence-electron chi connectivity index (χ4n) is 2.30. The van der Waals surface area contributed by atoms with Gasteiger partial charge in [0.2, 0.25) is 0 Å². The summed E-state index contributed by atoms with van der Waals surface area (Å²) in [7, 11) is -1.57. The van der Waals surface area contributed by atoms with E-state index < -0.39 is 10.0 Å². The fourth-order valence-corrected chi connectivity index (χ4v) is 3.79. The third-order valence-corrected chi connectivity index (χ3v) is 5.10. The first-order chi connectivity index (χ1) is 9.94. The van der Waals surface area contributed by atoms with Crippen molar-refractivity contribution in [2.45, 2.75) is 25.3 Å². The lowest BCUT2D eigenvalue weighted by atomic mass is 10.3. The average molecular weight is 316 g/mol. The average Bonchev–Trinajstić information content (AvgIpc) is 2.81. The molecule has 0 aromatic carbocycles. The number of hydrogen-bond acceptors (Lipinski definition) is 6. The molecule has 1 aromatic heterocycles. The minimum Gasteiger partial charge on any atom is -0.311 e. The van der Waals surface area contributed by atoms with Crippen LogP contribution in [0.5, 0.6) is 0 Å². The molecule has 120 valence electrons. The van der Waals surface area contributed by atoms with Crippen LogP contribution in [-0.2, 0) is 16.6 Å².